The fraction of sp³-hybridized carbons (Fsp3) is 0.200. The lowest BCUT2D eigenvalue weighted by Crippen LogP contribution is -2.30. The molecule has 0 saturated heterocycles. The number of carboxylic acid groups (broad SMARTS) is 1. The summed E-state index contributed by atoms with van der Waals surface area (Å²) in [5.41, 5.74) is 0.452. The summed E-state index contributed by atoms with van der Waals surface area (Å²) in [5.74, 6) is -3.18. The number of carbonyl (C=O) groups excluding carboxylic acids is 1. The first kappa shape index (κ1) is 12.0. The first-order valence-electron chi connectivity index (χ1n) is 4.38. The fourth-order valence-electron chi connectivity index (χ4n) is 1.08. The summed E-state index contributed by atoms with van der Waals surface area (Å²) in [6.45, 7) is -0.0496. The zero-order valence-electron chi connectivity index (χ0n) is 8.49. The molecule has 0 fully saturated rings. The molecule has 0 atom stereocenters. The summed E-state index contributed by atoms with van der Waals surface area (Å²) >= 11 is 0. The maximum atomic E-state index is 13.2. The average Bonchev–Trinajstić information content (AvgIpc) is 2.25. The summed E-state index contributed by atoms with van der Waals surface area (Å²) in [5, 5.41) is 10.4. The lowest BCUT2D eigenvalue weighted by atomic mass is 10.2. The van der Waals surface area contributed by atoms with Gasteiger partial charge < -0.3 is 15.2 Å². The van der Waals surface area contributed by atoms with Crippen LogP contribution in [0.4, 0.5) is 4.39 Å². The van der Waals surface area contributed by atoms with E-state index in [0.29, 0.717) is 5.56 Å². The zero-order valence-corrected chi connectivity index (χ0v) is 8.49. The third kappa shape index (κ3) is 2.94. The van der Waals surface area contributed by atoms with Gasteiger partial charge in [-0.15, -0.1) is 0 Å². The monoisotopic (exact) mass is 227 g/mol. The van der Waals surface area contributed by atoms with Gasteiger partial charge in [0.15, 0.2) is 11.6 Å². The number of hydrogen-bond donors (Lipinski definition) is 2. The highest BCUT2D eigenvalue weighted by Gasteiger charge is 2.10. The van der Waals surface area contributed by atoms with E-state index in [1.165, 1.54) is 25.3 Å². The highest BCUT2D eigenvalue weighted by atomic mass is 19.1. The third-order valence-corrected chi connectivity index (χ3v) is 1.86. The number of rotatable bonds is 3. The third-order valence-electron chi connectivity index (χ3n) is 1.86. The predicted octanol–water partition coefficient (Wildman–Crippen LogP) is 0.535. The number of ether oxygens (including phenoxy) is 1. The van der Waals surface area contributed by atoms with E-state index in [4.69, 9.17) is 9.84 Å². The Hall–Kier alpha value is -2.11. The summed E-state index contributed by atoms with van der Waals surface area (Å²) in [6, 6.07) is 4.10. The average molecular weight is 227 g/mol. The molecule has 0 radical (unpaired) electrons. The van der Waals surface area contributed by atoms with Crippen LogP contribution in [0.2, 0.25) is 0 Å². The molecule has 0 aliphatic carbocycles. The molecule has 0 aromatic heterocycles. The molecule has 86 valence electrons. The van der Waals surface area contributed by atoms with E-state index in [-0.39, 0.29) is 12.3 Å². The molecule has 1 aromatic carbocycles. The highest BCUT2D eigenvalue weighted by molar-refractivity contribution is 6.31. The Labute approximate surface area is 90.8 Å². The quantitative estimate of drug-likeness (QED) is 0.739. The topological polar surface area (TPSA) is 75.6 Å². The van der Waals surface area contributed by atoms with Gasteiger partial charge in [-0.05, 0) is 17.7 Å². The lowest BCUT2D eigenvalue weighted by Gasteiger charge is -2.05. The molecule has 0 saturated carbocycles. The molecule has 5 nitrogen and oxygen atoms in total. The molecule has 0 bridgehead atoms. The van der Waals surface area contributed by atoms with Gasteiger partial charge in [-0.2, -0.15) is 0 Å². The Kier molecular flexibility index (Phi) is 3.82. The second-order valence-electron chi connectivity index (χ2n) is 2.96. The second-order valence-corrected chi connectivity index (χ2v) is 2.96. The van der Waals surface area contributed by atoms with Crippen molar-refractivity contribution >= 4 is 11.9 Å². The number of methoxy groups -OCH3 is 1. The van der Waals surface area contributed by atoms with Crippen molar-refractivity contribution in [2.24, 2.45) is 0 Å². The van der Waals surface area contributed by atoms with Crippen molar-refractivity contribution in [1.82, 2.24) is 5.32 Å². The van der Waals surface area contributed by atoms with Crippen molar-refractivity contribution in [2.75, 3.05) is 7.11 Å². The SMILES string of the molecule is COc1ccc(CNC(=O)C(=O)O)cc1F. The summed E-state index contributed by atoms with van der Waals surface area (Å²) in [4.78, 5) is 20.9. The van der Waals surface area contributed by atoms with Crippen LogP contribution in [-0.4, -0.2) is 24.1 Å². The van der Waals surface area contributed by atoms with Crippen LogP contribution in [0.15, 0.2) is 18.2 Å². The van der Waals surface area contributed by atoms with Gasteiger partial charge in [0.1, 0.15) is 0 Å². The van der Waals surface area contributed by atoms with E-state index in [0.717, 1.165) is 0 Å². The highest BCUT2D eigenvalue weighted by Crippen LogP contribution is 2.17. The maximum absolute atomic E-state index is 13.2. The number of carbonyl (C=O) groups is 2. The molecule has 1 aromatic rings. The van der Waals surface area contributed by atoms with E-state index in [1.807, 2.05) is 0 Å². The minimum absolute atomic E-state index is 0.0496. The van der Waals surface area contributed by atoms with Gasteiger partial charge in [0.05, 0.1) is 7.11 Å². The molecule has 0 aliphatic rings. The zero-order chi connectivity index (χ0) is 12.1. The van der Waals surface area contributed by atoms with Crippen molar-refractivity contribution in [3.63, 3.8) is 0 Å². The minimum atomic E-state index is -1.58. The first-order chi connectivity index (χ1) is 7.54. The molecule has 0 spiro atoms. The van der Waals surface area contributed by atoms with Crippen LogP contribution in [0.5, 0.6) is 5.75 Å². The predicted molar refractivity (Wildman–Crippen MR) is 52.4 cm³/mol. The summed E-state index contributed by atoms with van der Waals surface area (Å²) < 4.78 is 17.9. The fourth-order valence-corrected chi connectivity index (χ4v) is 1.08. The largest absolute Gasteiger partial charge is 0.494 e. The van der Waals surface area contributed by atoms with Gasteiger partial charge in [-0.3, -0.25) is 4.79 Å². The number of amides is 1. The molecule has 0 aliphatic heterocycles. The normalized spacial score (nSPS) is 9.62. The van der Waals surface area contributed by atoms with Crippen LogP contribution < -0.4 is 10.1 Å². The minimum Gasteiger partial charge on any atom is -0.494 e. The molecule has 0 heterocycles. The molecule has 1 rings (SSSR count). The van der Waals surface area contributed by atoms with Crippen LogP contribution in [-0.2, 0) is 16.1 Å². The van der Waals surface area contributed by atoms with E-state index in [1.54, 1.807) is 0 Å². The van der Waals surface area contributed by atoms with E-state index < -0.39 is 17.7 Å². The van der Waals surface area contributed by atoms with Crippen molar-refractivity contribution < 1.29 is 23.8 Å². The van der Waals surface area contributed by atoms with E-state index >= 15 is 0 Å². The first-order valence-corrected chi connectivity index (χ1v) is 4.38. The van der Waals surface area contributed by atoms with Crippen molar-refractivity contribution in [1.29, 1.82) is 0 Å². The standard InChI is InChI=1S/C10H10FNO4/c1-16-8-3-2-6(4-7(8)11)5-12-9(13)10(14)15/h2-4H,5H2,1H3,(H,12,13)(H,14,15). The van der Waals surface area contributed by atoms with Crippen molar-refractivity contribution in [3.8, 4) is 5.75 Å². The van der Waals surface area contributed by atoms with Crippen molar-refractivity contribution in [3.05, 3.63) is 29.6 Å². The Morgan fingerprint density at radius 1 is 1.50 bits per heavy atom. The molecule has 0 unspecified atom stereocenters. The van der Waals surface area contributed by atoms with Crippen LogP contribution in [0, 0.1) is 5.82 Å². The van der Waals surface area contributed by atoms with Crippen LogP contribution in [0.25, 0.3) is 0 Å². The van der Waals surface area contributed by atoms with Crippen LogP contribution in [0.1, 0.15) is 5.56 Å². The number of aliphatic carboxylic acids is 1. The summed E-state index contributed by atoms with van der Waals surface area (Å²) in [7, 11) is 1.34. The molecule has 6 heteroatoms. The molecular formula is C10H10FNO4. The Balaban J connectivity index is 2.65. The Bertz CT molecular complexity index is 419. The molecular weight excluding hydrogens is 217 g/mol. The van der Waals surface area contributed by atoms with Gasteiger partial charge in [-0.25, -0.2) is 9.18 Å². The lowest BCUT2D eigenvalue weighted by molar-refractivity contribution is -0.150. The summed E-state index contributed by atoms with van der Waals surface area (Å²) in [6.07, 6.45) is 0. The number of nitrogens with one attached hydrogen (secondary N) is 1. The van der Waals surface area contributed by atoms with E-state index in [9.17, 15) is 14.0 Å². The number of carboxylic acids is 1. The van der Waals surface area contributed by atoms with Gasteiger partial charge in [0.25, 0.3) is 0 Å². The van der Waals surface area contributed by atoms with Gasteiger partial charge in [0.2, 0.25) is 0 Å². The Morgan fingerprint density at radius 3 is 2.69 bits per heavy atom. The van der Waals surface area contributed by atoms with Gasteiger partial charge in [-0.1, -0.05) is 6.07 Å². The number of hydrogen-bond acceptors (Lipinski definition) is 3. The van der Waals surface area contributed by atoms with Crippen molar-refractivity contribution in [2.45, 2.75) is 6.54 Å². The van der Waals surface area contributed by atoms with Gasteiger partial charge in [0, 0.05) is 6.54 Å². The second kappa shape index (κ2) is 5.11. The molecule has 16 heavy (non-hydrogen) atoms. The number of halogens is 1. The smallest absolute Gasteiger partial charge is 0.394 e. The Morgan fingerprint density at radius 2 is 2.19 bits per heavy atom. The molecule has 1 amide bonds. The van der Waals surface area contributed by atoms with Crippen LogP contribution in [0.3, 0.4) is 0 Å². The maximum Gasteiger partial charge on any atom is 0.394 e. The molecule has 2 N–H and O–H groups in total. The van der Waals surface area contributed by atoms with Crippen LogP contribution >= 0.6 is 0 Å². The number of benzene rings is 1. The van der Waals surface area contributed by atoms with E-state index in [2.05, 4.69) is 5.32 Å². The van der Waals surface area contributed by atoms with Gasteiger partial charge >= 0.3 is 11.9 Å².